The van der Waals surface area contributed by atoms with Gasteiger partial charge in [-0.2, -0.15) is 0 Å². The summed E-state index contributed by atoms with van der Waals surface area (Å²) in [6, 6.07) is 16.7. The summed E-state index contributed by atoms with van der Waals surface area (Å²) >= 11 is 0. The van der Waals surface area contributed by atoms with Crippen molar-refractivity contribution >= 4 is 29.4 Å². The highest BCUT2D eigenvalue weighted by Crippen LogP contribution is 2.36. The number of hydrogen-bond donors (Lipinski definition) is 0. The average Bonchev–Trinajstić information content (AvgIpc) is 3.06. The number of rotatable bonds is 6. The van der Waals surface area contributed by atoms with Gasteiger partial charge in [-0.25, -0.2) is 4.98 Å². The monoisotopic (exact) mass is 459 g/mol. The third-order valence-electron chi connectivity index (χ3n) is 7.44. The van der Waals surface area contributed by atoms with E-state index in [1.165, 1.54) is 5.56 Å². The highest BCUT2D eigenvalue weighted by molar-refractivity contribution is 6.62. The minimum absolute atomic E-state index is 0.371. The maximum absolute atomic E-state index is 6.22. The van der Waals surface area contributed by atoms with Crippen molar-refractivity contribution in [2.75, 3.05) is 24.7 Å². The van der Waals surface area contributed by atoms with Crippen LogP contribution in [-0.2, 0) is 20.6 Å². The van der Waals surface area contributed by atoms with Crippen LogP contribution in [0.25, 0.3) is 11.0 Å². The van der Waals surface area contributed by atoms with Crippen LogP contribution in [0.4, 0.5) is 5.82 Å². The minimum atomic E-state index is -0.404. The molecule has 1 aromatic heterocycles. The molecule has 0 radical (unpaired) electrons. The Kier molecular flexibility index (Phi) is 6.36. The van der Waals surface area contributed by atoms with Crippen LogP contribution in [-0.4, -0.2) is 48.0 Å². The van der Waals surface area contributed by atoms with Crippen molar-refractivity contribution in [2.24, 2.45) is 5.92 Å². The SMILES string of the molecule is CC1(C)OB(c2ccc3nc(N(Cc4ccccc4)CC4CCOCC4)cnc3c2)OC1(C)C. The summed E-state index contributed by atoms with van der Waals surface area (Å²) in [5.74, 6) is 1.51. The van der Waals surface area contributed by atoms with E-state index in [0.29, 0.717) is 5.92 Å². The summed E-state index contributed by atoms with van der Waals surface area (Å²) in [4.78, 5) is 12.2. The van der Waals surface area contributed by atoms with Gasteiger partial charge in [-0.3, -0.25) is 4.98 Å². The number of nitrogens with zero attached hydrogens (tertiary/aromatic N) is 3. The van der Waals surface area contributed by atoms with Crippen LogP contribution in [0.2, 0.25) is 0 Å². The molecule has 0 atom stereocenters. The van der Waals surface area contributed by atoms with Gasteiger partial charge in [0.25, 0.3) is 0 Å². The van der Waals surface area contributed by atoms with E-state index in [0.717, 1.165) is 61.5 Å². The first-order valence-corrected chi connectivity index (χ1v) is 12.3. The normalized spacial score (nSPS) is 20.1. The molecule has 0 bridgehead atoms. The molecule has 0 amide bonds. The molecule has 2 fully saturated rings. The zero-order valence-electron chi connectivity index (χ0n) is 20.7. The van der Waals surface area contributed by atoms with E-state index in [1.807, 2.05) is 24.4 Å². The summed E-state index contributed by atoms with van der Waals surface area (Å²) in [6.07, 6.45) is 4.08. The maximum atomic E-state index is 6.22. The number of fused-ring (bicyclic) bond motifs is 1. The second-order valence-corrected chi connectivity index (χ2v) is 10.5. The van der Waals surface area contributed by atoms with Crippen LogP contribution in [0.5, 0.6) is 0 Å². The summed E-state index contributed by atoms with van der Waals surface area (Å²) in [5, 5.41) is 0. The fraction of sp³-hybridized carbons (Fsp3) is 0.481. The Labute approximate surface area is 202 Å². The van der Waals surface area contributed by atoms with E-state index in [1.54, 1.807) is 0 Å². The van der Waals surface area contributed by atoms with Crippen molar-refractivity contribution in [3.05, 3.63) is 60.3 Å². The molecule has 0 N–H and O–H groups in total. The quantitative estimate of drug-likeness (QED) is 0.511. The molecule has 178 valence electrons. The van der Waals surface area contributed by atoms with Crippen molar-refractivity contribution in [1.82, 2.24) is 9.97 Å². The topological polar surface area (TPSA) is 56.7 Å². The van der Waals surface area contributed by atoms with Crippen molar-refractivity contribution in [3.63, 3.8) is 0 Å². The fourth-order valence-corrected chi connectivity index (χ4v) is 4.58. The van der Waals surface area contributed by atoms with Crippen LogP contribution in [0.15, 0.2) is 54.7 Å². The Hall–Kier alpha value is -2.48. The summed E-state index contributed by atoms with van der Waals surface area (Å²) in [5.41, 5.74) is 3.22. The molecular weight excluding hydrogens is 425 g/mol. The Balaban J connectivity index is 1.41. The highest BCUT2D eigenvalue weighted by Gasteiger charge is 2.51. The standard InChI is InChI=1S/C27H34BN3O3/c1-26(2)27(3,4)34-28(33-26)22-10-11-23-24(16-22)29-17-25(30-23)31(18-20-8-6-5-7-9-20)19-21-12-14-32-15-13-21/h5-11,16-17,21H,12-15,18-19H2,1-4H3. The molecule has 2 saturated heterocycles. The minimum Gasteiger partial charge on any atom is -0.399 e. The molecule has 2 aromatic carbocycles. The average molecular weight is 459 g/mol. The lowest BCUT2D eigenvalue weighted by atomic mass is 9.79. The molecule has 2 aliphatic rings. The molecule has 0 saturated carbocycles. The van der Waals surface area contributed by atoms with Gasteiger partial charge in [0.2, 0.25) is 0 Å². The summed E-state index contributed by atoms with van der Waals surface area (Å²) < 4.78 is 18.0. The lowest BCUT2D eigenvalue weighted by Crippen LogP contribution is -2.41. The maximum Gasteiger partial charge on any atom is 0.494 e. The lowest BCUT2D eigenvalue weighted by molar-refractivity contribution is 0.00578. The summed E-state index contributed by atoms with van der Waals surface area (Å²) in [7, 11) is -0.404. The third kappa shape index (κ3) is 4.83. The molecule has 0 spiro atoms. The van der Waals surface area contributed by atoms with Crippen molar-refractivity contribution in [3.8, 4) is 0 Å². The van der Waals surface area contributed by atoms with Crippen molar-refractivity contribution in [1.29, 1.82) is 0 Å². The van der Waals surface area contributed by atoms with Crippen molar-refractivity contribution < 1.29 is 14.0 Å². The van der Waals surface area contributed by atoms with E-state index in [4.69, 9.17) is 24.0 Å². The van der Waals surface area contributed by atoms with Gasteiger partial charge < -0.3 is 18.9 Å². The molecular formula is C27H34BN3O3. The molecule has 3 heterocycles. The van der Waals surface area contributed by atoms with Crippen LogP contribution < -0.4 is 10.4 Å². The van der Waals surface area contributed by atoms with Gasteiger partial charge in [-0.15, -0.1) is 0 Å². The molecule has 5 rings (SSSR count). The Morgan fingerprint density at radius 2 is 1.65 bits per heavy atom. The van der Waals surface area contributed by atoms with Gasteiger partial charge in [-0.05, 0) is 69.6 Å². The first-order valence-electron chi connectivity index (χ1n) is 12.3. The summed E-state index contributed by atoms with van der Waals surface area (Å²) in [6.45, 7) is 11.7. The zero-order valence-corrected chi connectivity index (χ0v) is 20.7. The van der Waals surface area contributed by atoms with E-state index < -0.39 is 7.12 Å². The molecule has 2 aliphatic heterocycles. The van der Waals surface area contributed by atoms with Crippen LogP contribution in [0.1, 0.15) is 46.1 Å². The van der Waals surface area contributed by atoms with E-state index >= 15 is 0 Å². The van der Waals surface area contributed by atoms with Gasteiger partial charge >= 0.3 is 7.12 Å². The van der Waals surface area contributed by atoms with Crippen LogP contribution >= 0.6 is 0 Å². The third-order valence-corrected chi connectivity index (χ3v) is 7.44. The van der Waals surface area contributed by atoms with Gasteiger partial charge in [0.05, 0.1) is 28.4 Å². The molecule has 6 nitrogen and oxygen atoms in total. The number of aromatic nitrogens is 2. The molecule has 3 aromatic rings. The van der Waals surface area contributed by atoms with E-state index in [2.05, 4.69) is 62.9 Å². The fourth-order valence-electron chi connectivity index (χ4n) is 4.58. The predicted molar refractivity (Wildman–Crippen MR) is 136 cm³/mol. The highest BCUT2D eigenvalue weighted by atomic mass is 16.7. The van der Waals surface area contributed by atoms with E-state index in [-0.39, 0.29) is 11.2 Å². The molecule has 0 unspecified atom stereocenters. The lowest BCUT2D eigenvalue weighted by Gasteiger charge is -2.32. The second-order valence-electron chi connectivity index (χ2n) is 10.5. The Bertz CT molecular complexity index is 1120. The first kappa shape index (κ1) is 23.3. The van der Waals surface area contributed by atoms with Crippen LogP contribution in [0, 0.1) is 5.92 Å². The Morgan fingerprint density at radius 1 is 0.941 bits per heavy atom. The predicted octanol–water partition coefficient (Wildman–Crippen LogP) is 4.36. The number of ether oxygens (including phenoxy) is 1. The first-order chi connectivity index (χ1) is 16.3. The molecule has 0 aliphatic carbocycles. The van der Waals surface area contributed by atoms with Gasteiger partial charge in [0.15, 0.2) is 0 Å². The number of hydrogen-bond acceptors (Lipinski definition) is 6. The Morgan fingerprint density at radius 3 is 2.35 bits per heavy atom. The number of benzene rings is 2. The van der Waals surface area contributed by atoms with Gasteiger partial charge in [-0.1, -0.05) is 36.4 Å². The number of anilines is 1. The van der Waals surface area contributed by atoms with Crippen LogP contribution in [0.3, 0.4) is 0 Å². The zero-order chi connectivity index (χ0) is 23.8. The smallest absolute Gasteiger partial charge is 0.399 e. The van der Waals surface area contributed by atoms with E-state index in [9.17, 15) is 0 Å². The molecule has 7 heteroatoms. The second kappa shape index (κ2) is 9.29. The van der Waals surface area contributed by atoms with Gasteiger partial charge in [0, 0.05) is 26.3 Å². The molecule has 34 heavy (non-hydrogen) atoms. The largest absolute Gasteiger partial charge is 0.494 e. The van der Waals surface area contributed by atoms with Crippen molar-refractivity contribution in [2.45, 2.75) is 58.3 Å². The van der Waals surface area contributed by atoms with Gasteiger partial charge in [0.1, 0.15) is 5.82 Å².